The molecule has 1 heterocycles. The summed E-state index contributed by atoms with van der Waals surface area (Å²) in [5, 5.41) is 3.44. The number of hydrogen-bond donors (Lipinski definition) is 2. The average molecular weight is 220 g/mol. The quantitative estimate of drug-likeness (QED) is 0.724. The average Bonchev–Trinajstić information content (AvgIpc) is 2.96. The lowest BCUT2D eigenvalue weighted by molar-refractivity contribution is 0.418. The molecule has 3 N–H and O–H groups in total. The van der Waals surface area contributed by atoms with Crippen molar-refractivity contribution in [1.82, 2.24) is 5.32 Å². The van der Waals surface area contributed by atoms with Gasteiger partial charge in [-0.15, -0.1) is 0 Å². The van der Waals surface area contributed by atoms with Crippen LogP contribution in [-0.4, -0.2) is 13.1 Å². The molecule has 0 saturated carbocycles. The van der Waals surface area contributed by atoms with Crippen molar-refractivity contribution in [3.63, 3.8) is 0 Å². The minimum atomic E-state index is 0.150. The van der Waals surface area contributed by atoms with Gasteiger partial charge < -0.3 is 15.5 Å². The molecule has 1 aliphatic carbocycles. The number of nitrogens with one attached hydrogen (secondary N) is 1. The van der Waals surface area contributed by atoms with E-state index in [0.29, 0.717) is 6.54 Å². The number of hydrogen-bond acceptors (Lipinski definition) is 3. The van der Waals surface area contributed by atoms with Gasteiger partial charge in [0, 0.05) is 6.54 Å². The van der Waals surface area contributed by atoms with E-state index in [1.165, 1.54) is 19.3 Å². The summed E-state index contributed by atoms with van der Waals surface area (Å²) >= 11 is 0. The van der Waals surface area contributed by atoms with Crippen LogP contribution in [0.2, 0.25) is 0 Å². The standard InChI is InChI=1S/C13H20N2O/c14-10-12(13-6-3-9-16-13)15-8-7-11-4-1-2-5-11/h3-4,6,9,12,15H,1-2,5,7-8,10,14H2. The third-order valence-electron chi connectivity index (χ3n) is 3.09. The molecule has 1 aromatic heterocycles. The fraction of sp³-hybridized carbons (Fsp3) is 0.538. The molecule has 88 valence electrons. The molecule has 0 radical (unpaired) electrons. The summed E-state index contributed by atoms with van der Waals surface area (Å²) in [6.45, 7) is 1.56. The van der Waals surface area contributed by atoms with Gasteiger partial charge in [0.2, 0.25) is 0 Å². The number of furan rings is 1. The minimum absolute atomic E-state index is 0.150. The van der Waals surface area contributed by atoms with Crippen molar-refractivity contribution in [1.29, 1.82) is 0 Å². The van der Waals surface area contributed by atoms with E-state index >= 15 is 0 Å². The smallest absolute Gasteiger partial charge is 0.121 e. The Morgan fingerprint density at radius 3 is 3.06 bits per heavy atom. The summed E-state index contributed by atoms with van der Waals surface area (Å²) < 4.78 is 5.35. The lowest BCUT2D eigenvalue weighted by Gasteiger charge is -2.14. The van der Waals surface area contributed by atoms with Crippen LogP contribution in [-0.2, 0) is 0 Å². The van der Waals surface area contributed by atoms with Crippen LogP contribution >= 0.6 is 0 Å². The molecule has 0 spiro atoms. The summed E-state index contributed by atoms with van der Waals surface area (Å²) in [4.78, 5) is 0. The molecule has 0 fully saturated rings. The molecule has 16 heavy (non-hydrogen) atoms. The second-order valence-electron chi connectivity index (χ2n) is 4.26. The summed E-state index contributed by atoms with van der Waals surface area (Å²) in [5.41, 5.74) is 7.31. The Morgan fingerprint density at radius 2 is 2.44 bits per heavy atom. The summed E-state index contributed by atoms with van der Waals surface area (Å²) in [6.07, 6.45) is 9.06. The molecule has 0 bridgehead atoms. The highest BCUT2D eigenvalue weighted by atomic mass is 16.3. The van der Waals surface area contributed by atoms with E-state index in [1.54, 1.807) is 11.8 Å². The number of allylic oxidation sites excluding steroid dienone is 1. The maximum Gasteiger partial charge on any atom is 0.121 e. The molecule has 0 amide bonds. The zero-order chi connectivity index (χ0) is 11.2. The van der Waals surface area contributed by atoms with Crippen LogP contribution in [0.15, 0.2) is 34.5 Å². The Balaban J connectivity index is 1.75. The van der Waals surface area contributed by atoms with Crippen molar-refractivity contribution in [2.24, 2.45) is 5.73 Å². The van der Waals surface area contributed by atoms with Gasteiger partial charge in [-0.3, -0.25) is 0 Å². The molecule has 1 unspecified atom stereocenters. The molecule has 1 atom stereocenters. The summed E-state index contributed by atoms with van der Waals surface area (Å²) in [5.74, 6) is 0.933. The van der Waals surface area contributed by atoms with E-state index in [-0.39, 0.29) is 6.04 Å². The molecule has 3 heteroatoms. The second-order valence-corrected chi connectivity index (χ2v) is 4.26. The minimum Gasteiger partial charge on any atom is -0.468 e. The fourth-order valence-electron chi connectivity index (χ4n) is 2.16. The van der Waals surface area contributed by atoms with Crippen LogP contribution in [0.4, 0.5) is 0 Å². The molecule has 0 aromatic carbocycles. The highest BCUT2D eigenvalue weighted by molar-refractivity contribution is 5.08. The predicted molar refractivity (Wildman–Crippen MR) is 65.1 cm³/mol. The van der Waals surface area contributed by atoms with Crippen molar-refractivity contribution in [2.45, 2.75) is 31.7 Å². The van der Waals surface area contributed by atoms with Gasteiger partial charge in [0.15, 0.2) is 0 Å². The highest BCUT2D eigenvalue weighted by Gasteiger charge is 2.11. The van der Waals surface area contributed by atoms with Crippen molar-refractivity contribution in [3.05, 3.63) is 35.8 Å². The second kappa shape index (κ2) is 5.87. The van der Waals surface area contributed by atoms with E-state index in [0.717, 1.165) is 18.7 Å². The van der Waals surface area contributed by atoms with E-state index in [4.69, 9.17) is 10.2 Å². The molecule has 1 aliphatic rings. The topological polar surface area (TPSA) is 51.2 Å². The van der Waals surface area contributed by atoms with Crippen molar-refractivity contribution in [3.8, 4) is 0 Å². The molecular weight excluding hydrogens is 200 g/mol. The Bertz CT molecular complexity index is 330. The van der Waals surface area contributed by atoms with Gasteiger partial charge in [-0.25, -0.2) is 0 Å². The van der Waals surface area contributed by atoms with Gasteiger partial charge in [-0.05, 0) is 44.4 Å². The Kier molecular flexibility index (Phi) is 4.19. The maximum absolute atomic E-state index is 5.72. The van der Waals surface area contributed by atoms with Gasteiger partial charge in [-0.2, -0.15) is 0 Å². The molecular formula is C13H20N2O. The van der Waals surface area contributed by atoms with Crippen molar-refractivity contribution in [2.75, 3.05) is 13.1 Å². The zero-order valence-electron chi connectivity index (χ0n) is 9.61. The summed E-state index contributed by atoms with van der Waals surface area (Å²) in [6, 6.07) is 4.02. The predicted octanol–water partition coefficient (Wildman–Crippen LogP) is 2.37. The van der Waals surface area contributed by atoms with Gasteiger partial charge in [0.1, 0.15) is 5.76 Å². The van der Waals surface area contributed by atoms with Crippen LogP contribution in [0, 0.1) is 0 Å². The Morgan fingerprint density at radius 1 is 1.50 bits per heavy atom. The Labute approximate surface area is 96.7 Å². The molecule has 0 aliphatic heterocycles. The first-order chi connectivity index (χ1) is 7.90. The Hall–Kier alpha value is -1.06. The van der Waals surface area contributed by atoms with Crippen molar-refractivity contribution >= 4 is 0 Å². The van der Waals surface area contributed by atoms with Crippen LogP contribution in [0.1, 0.15) is 37.5 Å². The van der Waals surface area contributed by atoms with Crippen LogP contribution < -0.4 is 11.1 Å². The first-order valence-corrected chi connectivity index (χ1v) is 6.05. The number of nitrogens with two attached hydrogens (primary N) is 1. The third-order valence-corrected chi connectivity index (χ3v) is 3.09. The zero-order valence-corrected chi connectivity index (χ0v) is 9.61. The van der Waals surface area contributed by atoms with Gasteiger partial charge in [0.25, 0.3) is 0 Å². The van der Waals surface area contributed by atoms with E-state index in [1.807, 2.05) is 12.1 Å². The maximum atomic E-state index is 5.72. The lowest BCUT2D eigenvalue weighted by atomic mass is 10.1. The van der Waals surface area contributed by atoms with Gasteiger partial charge >= 0.3 is 0 Å². The lowest BCUT2D eigenvalue weighted by Crippen LogP contribution is -2.28. The highest BCUT2D eigenvalue weighted by Crippen LogP contribution is 2.20. The summed E-state index contributed by atoms with van der Waals surface area (Å²) in [7, 11) is 0. The van der Waals surface area contributed by atoms with E-state index < -0.39 is 0 Å². The third kappa shape index (κ3) is 2.97. The fourth-order valence-corrected chi connectivity index (χ4v) is 2.16. The first-order valence-electron chi connectivity index (χ1n) is 6.05. The SMILES string of the molecule is NCC(NCCC1=CCCC1)c1ccco1. The monoisotopic (exact) mass is 220 g/mol. The van der Waals surface area contributed by atoms with Gasteiger partial charge in [-0.1, -0.05) is 11.6 Å². The molecule has 0 saturated heterocycles. The first kappa shape index (κ1) is 11.4. The van der Waals surface area contributed by atoms with Gasteiger partial charge in [0.05, 0.1) is 12.3 Å². The van der Waals surface area contributed by atoms with Crippen molar-refractivity contribution < 1.29 is 4.42 Å². The molecule has 2 rings (SSSR count). The van der Waals surface area contributed by atoms with E-state index in [2.05, 4.69) is 11.4 Å². The van der Waals surface area contributed by atoms with Crippen LogP contribution in [0.25, 0.3) is 0 Å². The largest absolute Gasteiger partial charge is 0.468 e. The number of rotatable bonds is 6. The van der Waals surface area contributed by atoms with Crippen LogP contribution in [0.5, 0.6) is 0 Å². The molecule has 3 nitrogen and oxygen atoms in total. The van der Waals surface area contributed by atoms with E-state index in [9.17, 15) is 0 Å². The van der Waals surface area contributed by atoms with Crippen LogP contribution in [0.3, 0.4) is 0 Å². The molecule has 1 aromatic rings. The normalized spacial score (nSPS) is 17.4.